The first-order chi connectivity index (χ1) is 10.8. The zero-order valence-corrected chi connectivity index (χ0v) is 14.1. The van der Waals surface area contributed by atoms with Crippen molar-refractivity contribution in [2.75, 3.05) is 0 Å². The van der Waals surface area contributed by atoms with Crippen LogP contribution in [0.3, 0.4) is 0 Å². The van der Waals surface area contributed by atoms with Gasteiger partial charge in [0.25, 0.3) is 5.56 Å². The monoisotopic (exact) mass is 320 g/mol. The summed E-state index contributed by atoms with van der Waals surface area (Å²) < 4.78 is 1.40. The lowest BCUT2D eigenvalue weighted by molar-refractivity contribution is -0.0866. The van der Waals surface area contributed by atoms with E-state index >= 15 is 0 Å². The summed E-state index contributed by atoms with van der Waals surface area (Å²) in [7, 11) is 1.62. The van der Waals surface area contributed by atoms with Crippen molar-refractivity contribution in [3.63, 3.8) is 0 Å². The van der Waals surface area contributed by atoms with Gasteiger partial charge in [0.05, 0.1) is 0 Å². The van der Waals surface area contributed by atoms with E-state index in [1.165, 1.54) is 4.57 Å². The Bertz CT molecular complexity index is 752. The topological polar surface area (TPSA) is 88.5 Å². The van der Waals surface area contributed by atoms with Crippen molar-refractivity contribution in [3.8, 4) is 0 Å². The van der Waals surface area contributed by atoms with Gasteiger partial charge in [0, 0.05) is 12.7 Å². The van der Waals surface area contributed by atoms with Gasteiger partial charge < -0.3 is 4.57 Å². The zero-order chi connectivity index (χ0) is 16.8. The van der Waals surface area contributed by atoms with Gasteiger partial charge in [-0.25, -0.2) is 20.1 Å². The number of nitrogens with zero attached hydrogens (tertiary/aromatic N) is 2. The fraction of sp³-hybridized carbons (Fsp3) is 0.688. The second-order valence-corrected chi connectivity index (χ2v) is 6.97. The summed E-state index contributed by atoms with van der Waals surface area (Å²) >= 11 is 0. The van der Waals surface area contributed by atoms with E-state index in [4.69, 9.17) is 4.84 Å². The van der Waals surface area contributed by atoms with Crippen LogP contribution in [0, 0.1) is 18.8 Å². The van der Waals surface area contributed by atoms with E-state index in [-0.39, 0.29) is 0 Å². The average Bonchev–Trinajstić information content (AvgIpc) is 2.89. The van der Waals surface area contributed by atoms with Gasteiger partial charge in [-0.05, 0) is 44.4 Å². The number of aromatic amines is 1. The lowest BCUT2D eigenvalue weighted by atomic mass is 9.78. The van der Waals surface area contributed by atoms with E-state index in [0.717, 1.165) is 25.7 Å². The molecule has 1 fully saturated rings. The molecule has 1 aliphatic carbocycles. The summed E-state index contributed by atoms with van der Waals surface area (Å²) in [5.41, 5.74) is 2.32. The lowest BCUT2D eigenvalue weighted by Gasteiger charge is -2.34. The SMILES string of the molecule is Cc1c(C2=NC3(CCC(C(C)C)CC3)ON2)c(=O)[nH]c(=O)n1C. The highest BCUT2D eigenvalue weighted by atomic mass is 16.7. The summed E-state index contributed by atoms with van der Waals surface area (Å²) in [6, 6.07) is 0. The van der Waals surface area contributed by atoms with Crippen LogP contribution in [0.4, 0.5) is 0 Å². The van der Waals surface area contributed by atoms with E-state index in [1.807, 2.05) is 0 Å². The number of aliphatic imine (C=N–C) groups is 1. The van der Waals surface area contributed by atoms with Gasteiger partial charge >= 0.3 is 5.69 Å². The Kier molecular flexibility index (Phi) is 3.91. The summed E-state index contributed by atoms with van der Waals surface area (Å²) in [6.45, 7) is 6.23. The Balaban J connectivity index is 1.91. The standard InChI is InChI=1S/C16H24N4O3/c1-9(2)11-5-7-16(8-6-11)18-13(19-23-16)12-10(3)20(4)15(22)17-14(12)21/h9,11H,5-8H2,1-4H3,(H,18,19)(H,17,21,22). The first-order valence-corrected chi connectivity index (χ1v) is 8.17. The van der Waals surface area contributed by atoms with E-state index < -0.39 is 17.0 Å². The predicted octanol–water partition coefficient (Wildman–Crippen LogP) is 1.21. The summed E-state index contributed by atoms with van der Waals surface area (Å²) in [6.07, 6.45) is 3.82. The van der Waals surface area contributed by atoms with Crippen molar-refractivity contribution in [1.29, 1.82) is 0 Å². The first kappa shape index (κ1) is 16.0. The third-order valence-corrected chi connectivity index (χ3v) is 5.26. The predicted molar refractivity (Wildman–Crippen MR) is 87.3 cm³/mol. The molecule has 2 N–H and O–H groups in total. The van der Waals surface area contributed by atoms with Crippen molar-refractivity contribution in [2.45, 2.75) is 52.2 Å². The second-order valence-electron chi connectivity index (χ2n) is 6.97. The highest BCUT2D eigenvalue weighted by molar-refractivity contribution is 5.99. The molecule has 0 saturated heterocycles. The minimum atomic E-state index is -0.575. The number of aromatic nitrogens is 2. The van der Waals surface area contributed by atoms with Crippen LogP contribution in [0.15, 0.2) is 14.6 Å². The number of H-pyrrole nitrogens is 1. The molecular formula is C16H24N4O3. The Morgan fingerprint density at radius 2 is 1.96 bits per heavy atom. The maximum absolute atomic E-state index is 12.2. The van der Waals surface area contributed by atoms with Crippen molar-refractivity contribution in [3.05, 3.63) is 32.1 Å². The third-order valence-electron chi connectivity index (χ3n) is 5.26. The molecule has 7 nitrogen and oxygen atoms in total. The molecule has 2 heterocycles. The largest absolute Gasteiger partial charge is 0.328 e. The first-order valence-electron chi connectivity index (χ1n) is 8.17. The molecule has 0 atom stereocenters. The van der Waals surface area contributed by atoms with E-state index in [0.29, 0.717) is 28.9 Å². The number of nitrogens with one attached hydrogen (secondary N) is 2. The molecule has 1 spiro atoms. The third kappa shape index (κ3) is 2.73. The van der Waals surface area contributed by atoms with Gasteiger partial charge in [0.2, 0.25) is 0 Å². The van der Waals surface area contributed by atoms with Gasteiger partial charge in [0.15, 0.2) is 11.6 Å². The fourth-order valence-corrected chi connectivity index (χ4v) is 3.48. The highest BCUT2D eigenvalue weighted by Gasteiger charge is 2.42. The highest BCUT2D eigenvalue weighted by Crippen LogP contribution is 2.40. The molecule has 0 aromatic carbocycles. The molecule has 2 aliphatic rings. The molecule has 1 aromatic heterocycles. The van der Waals surface area contributed by atoms with E-state index in [2.05, 4.69) is 29.3 Å². The minimum absolute atomic E-state index is 0.370. The number of hydrogen-bond donors (Lipinski definition) is 2. The number of amidine groups is 1. The molecule has 0 radical (unpaired) electrons. The normalized spacial score (nSPS) is 27.3. The summed E-state index contributed by atoms with van der Waals surface area (Å²) in [4.78, 5) is 36.6. The smallest absolute Gasteiger partial charge is 0.300 e. The van der Waals surface area contributed by atoms with Gasteiger partial charge in [-0.1, -0.05) is 13.8 Å². The lowest BCUT2D eigenvalue weighted by Crippen LogP contribution is -2.38. The number of rotatable bonds is 2. The molecule has 0 unspecified atom stereocenters. The van der Waals surface area contributed by atoms with E-state index in [1.54, 1.807) is 14.0 Å². The molecule has 0 bridgehead atoms. The summed E-state index contributed by atoms with van der Waals surface area (Å²) in [5, 5.41) is 0. The van der Waals surface area contributed by atoms with E-state index in [9.17, 15) is 9.59 Å². The van der Waals surface area contributed by atoms with Crippen LogP contribution < -0.4 is 16.7 Å². The van der Waals surface area contributed by atoms with Crippen LogP contribution in [0.5, 0.6) is 0 Å². The van der Waals surface area contributed by atoms with Crippen LogP contribution in [0.2, 0.25) is 0 Å². The van der Waals surface area contributed by atoms with Gasteiger partial charge in [-0.15, -0.1) is 0 Å². The van der Waals surface area contributed by atoms with Crippen LogP contribution >= 0.6 is 0 Å². The second kappa shape index (κ2) is 5.63. The quantitative estimate of drug-likeness (QED) is 0.857. The van der Waals surface area contributed by atoms with Crippen molar-refractivity contribution < 1.29 is 4.84 Å². The maximum atomic E-state index is 12.2. The van der Waals surface area contributed by atoms with Crippen LogP contribution in [0.1, 0.15) is 50.8 Å². The Labute approximate surface area is 134 Å². The van der Waals surface area contributed by atoms with Crippen LogP contribution in [-0.4, -0.2) is 21.1 Å². The molecule has 23 heavy (non-hydrogen) atoms. The molecule has 1 saturated carbocycles. The molecule has 3 rings (SSSR count). The minimum Gasteiger partial charge on any atom is -0.300 e. The zero-order valence-electron chi connectivity index (χ0n) is 14.1. The fourth-order valence-electron chi connectivity index (χ4n) is 3.48. The Hall–Kier alpha value is -1.89. The molecule has 126 valence electrons. The van der Waals surface area contributed by atoms with Crippen molar-refractivity contribution >= 4 is 5.84 Å². The Morgan fingerprint density at radius 1 is 1.30 bits per heavy atom. The molecule has 0 amide bonds. The van der Waals surface area contributed by atoms with Crippen molar-refractivity contribution in [2.24, 2.45) is 23.9 Å². The molecule has 1 aromatic rings. The van der Waals surface area contributed by atoms with Crippen molar-refractivity contribution in [1.82, 2.24) is 15.0 Å². The van der Waals surface area contributed by atoms with Crippen LogP contribution in [-0.2, 0) is 11.9 Å². The molecule has 1 aliphatic heterocycles. The van der Waals surface area contributed by atoms with Gasteiger partial charge in [-0.2, -0.15) is 0 Å². The van der Waals surface area contributed by atoms with Gasteiger partial charge in [0.1, 0.15) is 5.56 Å². The molecular weight excluding hydrogens is 296 g/mol. The van der Waals surface area contributed by atoms with Gasteiger partial charge in [-0.3, -0.25) is 9.78 Å². The number of hydroxylamine groups is 1. The van der Waals surface area contributed by atoms with Crippen LogP contribution in [0.25, 0.3) is 0 Å². The number of hydrogen-bond acceptors (Lipinski definition) is 5. The molecule has 7 heteroatoms. The maximum Gasteiger partial charge on any atom is 0.328 e. The average molecular weight is 320 g/mol. The summed E-state index contributed by atoms with van der Waals surface area (Å²) in [5.74, 6) is 1.78. The Morgan fingerprint density at radius 3 is 2.57 bits per heavy atom.